The van der Waals surface area contributed by atoms with Crippen molar-refractivity contribution in [1.82, 2.24) is 0 Å². The second-order valence-electron chi connectivity index (χ2n) is 18.4. The number of carbonyl (C=O) groups excluding carboxylic acids is 2. The van der Waals surface area contributed by atoms with Crippen LogP contribution in [0.4, 0.5) is 0 Å². The third-order valence-corrected chi connectivity index (χ3v) is 15.6. The first-order valence-corrected chi connectivity index (χ1v) is 18.3. The van der Waals surface area contributed by atoms with E-state index in [9.17, 15) is 35.1 Å². The lowest BCUT2D eigenvalue weighted by molar-refractivity contribution is -0.302. The van der Waals surface area contributed by atoms with Crippen molar-refractivity contribution in [2.75, 3.05) is 13.2 Å². The van der Waals surface area contributed by atoms with Gasteiger partial charge in [-0.1, -0.05) is 27.7 Å². The van der Waals surface area contributed by atoms with Crippen molar-refractivity contribution in [2.45, 2.75) is 154 Å². The van der Waals surface area contributed by atoms with E-state index < -0.39 is 59.9 Å². The molecule has 2 heterocycles. The zero-order valence-electron chi connectivity index (χ0n) is 29.7. The molecule has 11 heteroatoms. The van der Waals surface area contributed by atoms with Crippen molar-refractivity contribution in [1.29, 1.82) is 0 Å². The zero-order chi connectivity index (χ0) is 35.0. The Morgan fingerprint density at radius 2 is 1.67 bits per heavy atom. The Kier molecular flexibility index (Phi) is 8.19. The zero-order valence-corrected chi connectivity index (χ0v) is 29.7. The van der Waals surface area contributed by atoms with Crippen LogP contribution in [0.25, 0.3) is 0 Å². The lowest BCUT2D eigenvalue weighted by atomic mass is 9.41. The maximum absolute atomic E-state index is 15.0. The highest BCUT2D eigenvalue weighted by Gasteiger charge is 2.85. The molecule has 7 fully saturated rings. The van der Waals surface area contributed by atoms with Gasteiger partial charge in [0.15, 0.2) is 18.2 Å². The molecule has 11 nitrogen and oxygen atoms in total. The first-order chi connectivity index (χ1) is 22.3. The van der Waals surface area contributed by atoms with Gasteiger partial charge in [-0.05, 0) is 105 Å². The Morgan fingerprint density at radius 1 is 1.00 bits per heavy atom. The molecule has 0 amide bonds. The second kappa shape index (κ2) is 11.2. The Hall–Kier alpha value is -1.18. The second-order valence-corrected chi connectivity index (χ2v) is 18.4. The summed E-state index contributed by atoms with van der Waals surface area (Å²) in [5, 5.41) is 52.6. The van der Waals surface area contributed by atoms with E-state index in [2.05, 4.69) is 27.7 Å². The molecule has 48 heavy (non-hydrogen) atoms. The molecule has 2 aliphatic heterocycles. The third-order valence-electron chi connectivity index (χ3n) is 15.6. The van der Waals surface area contributed by atoms with E-state index in [1.807, 2.05) is 0 Å². The molecule has 16 atom stereocenters. The highest BCUT2D eigenvalue weighted by molar-refractivity contribution is 5.93. The standard InChI is InChI=1S/C37H58O11/c1-18(39)46-30(33(4,5)44)21-14-19(15-38)25-28(47-21)29(43)35(7)23-9-8-22-32(2,3)24(48-31-27(42)26(41)20(40)16-45-31)10-11-36(22)17-37(23,36)13-12-34(25,35)6/h19-28,30-31,38,40-42,44H,8-17H2,1-7H3/t19-,20+,21+,22-,23-,24-,25-,26-,27+,28+,30-,31-,34+,35+,36+,37-/m0/s1. The normalized spacial score (nSPS) is 53.0. The summed E-state index contributed by atoms with van der Waals surface area (Å²) >= 11 is 0. The van der Waals surface area contributed by atoms with Gasteiger partial charge in [0.2, 0.25) is 0 Å². The predicted molar refractivity (Wildman–Crippen MR) is 171 cm³/mol. The Balaban J connectivity index is 1.16. The molecular formula is C37H58O11. The number of ketones is 1. The number of aliphatic hydroxyl groups is 5. The van der Waals surface area contributed by atoms with Crippen LogP contribution in [-0.4, -0.2) is 105 Å². The molecule has 5 aliphatic carbocycles. The van der Waals surface area contributed by atoms with Gasteiger partial charge < -0.3 is 44.5 Å². The molecule has 0 aromatic rings. The Bertz CT molecular complexity index is 1310. The minimum Gasteiger partial charge on any atom is -0.457 e. The minimum absolute atomic E-state index is 0.0260. The van der Waals surface area contributed by atoms with Crippen molar-refractivity contribution in [3.63, 3.8) is 0 Å². The van der Waals surface area contributed by atoms with Gasteiger partial charge in [0.05, 0.1) is 24.4 Å². The first kappa shape index (κ1) is 35.2. The SMILES string of the molecule is CC(=O)O[C@@H]([C@H]1C[C@@H](CO)[C@H]2[C@@H](O1)C(=O)[C@@]1(C)[C@@H]3CC[C@H]4C(C)(C)[C@@H](O[C@@H]5OC[C@@H](O)[C@H](O)[C@H]5O)CC[C@@]45C[C@@]35CC[C@]21C)C(C)(C)O. The van der Waals surface area contributed by atoms with Crippen LogP contribution >= 0.6 is 0 Å². The molecule has 0 radical (unpaired) electrons. The monoisotopic (exact) mass is 678 g/mol. The van der Waals surface area contributed by atoms with Gasteiger partial charge in [-0.2, -0.15) is 0 Å². The van der Waals surface area contributed by atoms with E-state index in [0.29, 0.717) is 12.3 Å². The van der Waals surface area contributed by atoms with Crippen molar-refractivity contribution in [3.05, 3.63) is 0 Å². The minimum atomic E-state index is -1.40. The summed E-state index contributed by atoms with van der Waals surface area (Å²) in [4.78, 5) is 27.0. The van der Waals surface area contributed by atoms with E-state index in [0.717, 1.165) is 44.9 Å². The van der Waals surface area contributed by atoms with Crippen LogP contribution in [0.5, 0.6) is 0 Å². The molecule has 0 unspecified atom stereocenters. The summed E-state index contributed by atoms with van der Waals surface area (Å²) in [5.41, 5.74) is -2.56. The van der Waals surface area contributed by atoms with E-state index in [4.69, 9.17) is 18.9 Å². The molecule has 2 saturated heterocycles. The lowest BCUT2D eigenvalue weighted by Crippen LogP contribution is -2.60. The number of rotatable bonds is 6. The van der Waals surface area contributed by atoms with Crippen LogP contribution in [-0.2, 0) is 28.5 Å². The highest BCUT2D eigenvalue weighted by Crippen LogP contribution is 2.89. The molecular weight excluding hydrogens is 620 g/mol. The summed E-state index contributed by atoms with van der Waals surface area (Å²) < 4.78 is 24.3. The topological polar surface area (TPSA) is 172 Å². The first-order valence-electron chi connectivity index (χ1n) is 18.3. The number of ether oxygens (including phenoxy) is 4. The molecule has 0 aromatic heterocycles. The van der Waals surface area contributed by atoms with Crippen LogP contribution in [0.1, 0.15) is 99.8 Å². The number of hydrogen-bond acceptors (Lipinski definition) is 11. The van der Waals surface area contributed by atoms with Crippen molar-refractivity contribution < 1.29 is 54.1 Å². The molecule has 272 valence electrons. The van der Waals surface area contributed by atoms with Crippen LogP contribution in [0.3, 0.4) is 0 Å². The average molecular weight is 679 g/mol. The molecule has 0 bridgehead atoms. The number of fused-ring (bicyclic) bond motifs is 4. The summed E-state index contributed by atoms with van der Waals surface area (Å²) in [5.74, 6) is -0.306. The van der Waals surface area contributed by atoms with Crippen LogP contribution in [0.2, 0.25) is 0 Å². The molecule has 2 spiro atoms. The molecule has 7 aliphatic rings. The Labute approximate surface area is 284 Å². The predicted octanol–water partition coefficient (Wildman–Crippen LogP) is 2.51. The third kappa shape index (κ3) is 4.53. The van der Waals surface area contributed by atoms with Crippen LogP contribution in [0.15, 0.2) is 0 Å². The lowest BCUT2D eigenvalue weighted by Gasteiger charge is -2.62. The van der Waals surface area contributed by atoms with E-state index >= 15 is 0 Å². The van der Waals surface area contributed by atoms with E-state index in [1.165, 1.54) is 6.92 Å². The van der Waals surface area contributed by atoms with Gasteiger partial charge in [0.25, 0.3) is 0 Å². The van der Waals surface area contributed by atoms with Gasteiger partial charge >= 0.3 is 5.97 Å². The van der Waals surface area contributed by atoms with Crippen LogP contribution in [0, 0.1) is 50.7 Å². The van der Waals surface area contributed by atoms with Crippen LogP contribution < -0.4 is 0 Å². The summed E-state index contributed by atoms with van der Waals surface area (Å²) in [6.07, 6.45) is -0.462. The van der Waals surface area contributed by atoms with Gasteiger partial charge in [0, 0.05) is 24.9 Å². The van der Waals surface area contributed by atoms with E-state index in [1.54, 1.807) is 13.8 Å². The average Bonchev–Trinajstić information content (AvgIpc) is 3.65. The maximum Gasteiger partial charge on any atom is 0.303 e. The van der Waals surface area contributed by atoms with Crippen molar-refractivity contribution >= 4 is 11.8 Å². The summed E-state index contributed by atoms with van der Waals surface area (Å²) in [6.45, 7) is 13.2. The number of Topliss-reactive ketones (excluding diaryl/α,β-unsaturated/α-hetero) is 1. The van der Waals surface area contributed by atoms with E-state index in [-0.39, 0.29) is 64.5 Å². The largest absolute Gasteiger partial charge is 0.457 e. The van der Waals surface area contributed by atoms with Gasteiger partial charge in [-0.15, -0.1) is 0 Å². The maximum atomic E-state index is 15.0. The van der Waals surface area contributed by atoms with Gasteiger partial charge in [-0.3, -0.25) is 9.59 Å². The quantitative estimate of drug-likeness (QED) is 0.207. The fraction of sp³-hybridized carbons (Fsp3) is 0.946. The smallest absolute Gasteiger partial charge is 0.303 e. The number of hydrogen-bond donors (Lipinski definition) is 5. The van der Waals surface area contributed by atoms with Gasteiger partial charge in [-0.25, -0.2) is 0 Å². The molecule has 7 rings (SSSR count). The fourth-order valence-electron chi connectivity index (χ4n) is 13.3. The Morgan fingerprint density at radius 3 is 2.31 bits per heavy atom. The fourth-order valence-corrected chi connectivity index (χ4v) is 13.3. The summed E-state index contributed by atoms with van der Waals surface area (Å²) in [7, 11) is 0. The number of esters is 1. The summed E-state index contributed by atoms with van der Waals surface area (Å²) in [6, 6.07) is 0. The highest BCUT2D eigenvalue weighted by atomic mass is 16.7. The van der Waals surface area contributed by atoms with Crippen molar-refractivity contribution in [3.8, 4) is 0 Å². The number of carbonyl (C=O) groups is 2. The molecule has 0 aromatic carbocycles. The van der Waals surface area contributed by atoms with Crippen molar-refractivity contribution in [2.24, 2.45) is 50.7 Å². The molecule has 5 saturated carbocycles. The molecule has 5 N–H and O–H groups in total. The van der Waals surface area contributed by atoms with Gasteiger partial charge in [0.1, 0.15) is 24.4 Å². The number of aliphatic hydroxyl groups excluding tert-OH is 4.